The van der Waals surface area contributed by atoms with Crippen molar-refractivity contribution in [3.05, 3.63) is 46.7 Å². The van der Waals surface area contributed by atoms with Crippen LogP contribution < -0.4 is 5.32 Å². The third-order valence-corrected chi connectivity index (χ3v) is 3.57. The van der Waals surface area contributed by atoms with Gasteiger partial charge < -0.3 is 10.3 Å². The average Bonchev–Trinajstić information content (AvgIpc) is 3.03. The first-order valence-corrected chi connectivity index (χ1v) is 6.82. The molecule has 0 amide bonds. The molecule has 4 nitrogen and oxygen atoms in total. The van der Waals surface area contributed by atoms with Gasteiger partial charge in [-0.3, -0.25) is 0 Å². The molecular formula is C13H14N4S. The summed E-state index contributed by atoms with van der Waals surface area (Å²) in [5.41, 5.74) is 2.11. The molecule has 0 spiro atoms. The molecule has 0 saturated heterocycles. The van der Waals surface area contributed by atoms with Crippen LogP contribution in [0.15, 0.2) is 35.8 Å². The van der Waals surface area contributed by atoms with Crippen LogP contribution in [-0.2, 0) is 13.0 Å². The minimum Gasteiger partial charge on any atom is -0.341 e. The van der Waals surface area contributed by atoms with Crippen LogP contribution in [0.3, 0.4) is 0 Å². The molecule has 3 rings (SSSR count). The Morgan fingerprint density at radius 3 is 3.06 bits per heavy atom. The number of hydrogen-bond donors (Lipinski definition) is 2. The maximum atomic E-state index is 4.52. The average molecular weight is 258 g/mol. The highest BCUT2D eigenvalue weighted by Gasteiger charge is 2.01. The zero-order valence-electron chi connectivity index (χ0n) is 9.89. The lowest BCUT2D eigenvalue weighted by molar-refractivity contribution is 0.665. The van der Waals surface area contributed by atoms with Crippen molar-refractivity contribution in [3.8, 4) is 0 Å². The minimum absolute atomic E-state index is 0.764. The summed E-state index contributed by atoms with van der Waals surface area (Å²) in [7, 11) is 0. The minimum atomic E-state index is 0.764. The molecule has 0 aliphatic heterocycles. The SMILES string of the molecule is c1ccc2[nH]c(CNCCc3nccs3)nc2c1. The molecule has 2 aromatic heterocycles. The second kappa shape index (κ2) is 5.29. The summed E-state index contributed by atoms with van der Waals surface area (Å²) in [6.07, 6.45) is 2.82. The molecular weight excluding hydrogens is 244 g/mol. The van der Waals surface area contributed by atoms with E-state index in [1.54, 1.807) is 11.3 Å². The molecule has 0 aliphatic rings. The van der Waals surface area contributed by atoms with Crippen LogP contribution in [0.1, 0.15) is 10.8 Å². The van der Waals surface area contributed by atoms with Gasteiger partial charge in [0.25, 0.3) is 0 Å². The lowest BCUT2D eigenvalue weighted by atomic mass is 10.3. The van der Waals surface area contributed by atoms with Crippen LogP contribution in [0.5, 0.6) is 0 Å². The van der Waals surface area contributed by atoms with Gasteiger partial charge in [-0.25, -0.2) is 9.97 Å². The van der Waals surface area contributed by atoms with Crippen LogP contribution in [0.4, 0.5) is 0 Å². The summed E-state index contributed by atoms with van der Waals surface area (Å²) >= 11 is 1.70. The van der Waals surface area contributed by atoms with Gasteiger partial charge in [-0.1, -0.05) is 12.1 Å². The van der Waals surface area contributed by atoms with Crippen molar-refractivity contribution in [3.63, 3.8) is 0 Å². The fraction of sp³-hybridized carbons (Fsp3) is 0.231. The number of nitrogens with zero attached hydrogens (tertiary/aromatic N) is 2. The van der Waals surface area contributed by atoms with E-state index in [0.717, 1.165) is 36.4 Å². The Bertz CT molecular complexity index is 582. The fourth-order valence-electron chi connectivity index (χ4n) is 1.87. The molecule has 0 atom stereocenters. The van der Waals surface area contributed by atoms with E-state index in [9.17, 15) is 0 Å². The zero-order valence-corrected chi connectivity index (χ0v) is 10.7. The van der Waals surface area contributed by atoms with Gasteiger partial charge in [0.2, 0.25) is 0 Å². The Kier molecular flexibility index (Phi) is 3.34. The van der Waals surface area contributed by atoms with E-state index in [-0.39, 0.29) is 0 Å². The third kappa shape index (κ3) is 2.57. The van der Waals surface area contributed by atoms with Crippen LogP contribution in [0.2, 0.25) is 0 Å². The van der Waals surface area contributed by atoms with Gasteiger partial charge in [0, 0.05) is 24.5 Å². The largest absolute Gasteiger partial charge is 0.341 e. The lowest BCUT2D eigenvalue weighted by Crippen LogP contribution is -2.17. The molecule has 3 aromatic rings. The van der Waals surface area contributed by atoms with Crippen LogP contribution in [0.25, 0.3) is 11.0 Å². The number of H-pyrrole nitrogens is 1. The Hall–Kier alpha value is -1.72. The van der Waals surface area contributed by atoms with E-state index in [0.29, 0.717) is 0 Å². The Morgan fingerprint density at radius 2 is 2.22 bits per heavy atom. The van der Waals surface area contributed by atoms with E-state index < -0.39 is 0 Å². The van der Waals surface area contributed by atoms with E-state index in [4.69, 9.17) is 0 Å². The number of nitrogens with one attached hydrogen (secondary N) is 2. The third-order valence-electron chi connectivity index (χ3n) is 2.73. The van der Waals surface area contributed by atoms with Crippen molar-refractivity contribution in [2.45, 2.75) is 13.0 Å². The number of imidazole rings is 1. The first kappa shape index (κ1) is 11.4. The molecule has 2 heterocycles. The maximum Gasteiger partial charge on any atom is 0.121 e. The number of rotatable bonds is 5. The van der Waals surface area contributed by atoms with Gasteiger partial charge in [0.15, 0.2) is 0 Å². The van der Waals surface area contributed by atoms with Crippen molar-refractivity contribution in [1.82, 2.24) is 20.3 Å². The fourth-order valence-corrected chi connectivity index (χ4v) is 2.49. The van der Waals surface area contributed by atoms with Crippen molar-refractivity contribution < 1.29 is 0 Å². The van der Waals surface area contributed by atoms with Crippen LogP contribution in [-0.4, -0.2) is 21.5 Å². The molecule has 0 fully saturated rings. The van der Waals surface area contributed by atoms with Crippen molar-refractivity contribution in [1.29, 1.82) is 0 Å². The van der Waals surface area contributed by atoms with Gasteiger partial charge in [-0.15, -0.1) is 11.3 Å². The van der Waals surface area contributed by atoms with Crippen LogP contribution in [0, 0.1) is 0 Å². The molecule has 1 aromatic carbocycles. The number of fused-ring (bicyclic) bond motifs is 1. The Morgan fingerprint density at radius 1 is 1.28 bits per heavy atom. The van der Waals surface area contributed by atoms with E-state index >= 15 is 0 Å². The number of hydrogen-bond acceptors (Lipinski definition) is 4. The Balaban J connectivity index is 1.53. The van der Waals surface area contributed by atoms with E-state index in [1.165, 1.54) is 5.01 Å². The molecule has 5 heteroatoms. The van der Waals surface area contributed by atoms with Gasteiger partial charge >= 0.3 is 0 Å². The van der Waals surface area contributed by atoms with E-state index in [1.807, 2.05) is 35.8 Å². The van der Waals surface area contributed by atoms with E-state index in [2.05, 4.69) is 20.3 Å². The van der Waals surface area contributed by atoms with Gasteiger partial charge in [-0.05, 0) is 12.1 Å². The highest BCUT2D eigenvalue weighted by molar-refractivity contribution is 7.09. The highest BCUT2D eigenvalue weighted by atomic mass is 32.1. The van der Waals surface area contributed by atoms with Gasteiger partial charge in [0.05, 0.1) is 22.6 Å². The molecule has 0 aliphatic carbocycles. The summed E-state index contributed by atoms with van der Waals surface area (Å²) in [6.45, 7) is 1.69. The maximum absolute atomic E-state index is 4.52. The second-order valence-electron chi connectivity index (χ2n) is 4.05. The van der Waals surface area contributed by atoms with Crippen LogP contribution >= 0.6 is 11.3 Å². The first-order valence-electron chi connectivity index (χ1n) is 5.94. The monoisotopic (exact) mass is 258 g/mol. The molecule has 0 radical (unpaired) electrons. The predicted octanol–water partition coefficient (Wildman–Crippen LogP) is 2.35. The molecule has 0 unspecified atom stereocenters. The lowest BCUT2D eigenvalue weighted by Gasteiger charge is -1.99. The summed E-state index contributed by atoms with van der Waals surface area (Å²) in [6, 6.07) is 8.08. The predicted molar refractivity (Wildman–Crippen MR) is 73.6 cm³/mol. The highest BCUT2D eigenvalue weighted by Crippen LogP contribution is 2.10. The number of para-hydroxylation sites is 2. The quantitative estimate of drug-likeness (QED) is 0.691. The van der Waals surface area contributed by atoms with Crippen molar-refractivity contribution in [2.24, 2.45) is 0 Å². The molecule has 18 heavy (non-hydrogen) atoms. The number of aromatic nitrogens is 3. The summed E-state index contributed by atoms with van der Waals surface area (Å²) < 4.78 is 0. The normalized spacial score (nSPS) is 11.1. The van der Waals surface area contributed by atoms with Gasteiger partial charge in [0.1, 0.15) is 5.82 Å². The van der Waals surface area contributed by atoms with Crippen molar-refractivity contribution in [2.75, 3.05) is 6.54 Å². The van der Waals surface area contributed by atoms with Crippen molar-refractivity contribution >= 4 is 22.4 Å². The standard InChI is InChI=1S/C13H14N4S/c1-2-4-11-10(3-1)16-12(17-11)9-14-6-5-13-15-7-8-18-13/h1-4,7-8,14H,5-6,9H2,(H,16,17). The molecule has 2 N–H and O–H groups in total. The number of aromatic amines is 1. The summed E-state index contributed by atoms with van der Waals surface area (Å²) in [5.74, 6) is 0.982. The van der Waals surface area contributed by atoms with Gasteiger partial charge in [-0.2, -0.15) is 0 Å². The first-order chi connectivity index (χ1) is 8.92. The molecule has 0 saturated carbocycles. The summed E-state index contributed by atoms with van der Waals surface area (Å²) in [5, 5.41) is 6.56. The number of benzene rings is 1. The smallest absolute Gasteiger partial charge is 0.121 e. The topological polar surface area (TPSA) is 53.6 Å². The molecule has 0 bridgehead atoms. The molecule has 92 valence electrons. The second-order valence-corrected chi connectivity index (χ2v) is 5.03. The Labute approximate surface area is 109 Å². The zero-order chi connectivity index (χ0) is 12.2. The summed E-state index contributed by atoms with van der Waals surface area (Å²) in [4.78, 5) is 12.1. The number of thiazole rings is 1.